The molecule has 3 rings (SSSR count). The summed E-state index contributed by atoms with van der Waals surface area (Å²) in [6.45, 7) is 2.84. The normalized spacial score (nSPS) is 12.1. The Hall–Kier alpha value is -2.86. The number of carbonyl (C=O) groups excluding carboxylic acids is 1. The van der Waals surface area contributed by atoms with E-state index in [4.69, 9.17) is 0 Å². The first kappa shape index (κ1) is 17.9. The third kappa shape index (κ3) is 4.21. The fraction of sp³-hybridized carbons (Fsp3) is 0.300. The van der Waals surface area contributed by atoms with Crippen molar-refractivity contribution in [2.45, 2.75) is 32.4 Å². The maximum absolute atomic E-state index is 12.3. The van der Waals surface area contributed by atoms with Crippen LogP contribution in [-0.2, 0) is 6.54 Å². The van der Waals surface area contributed by atoms with Gasteiger partial charge in [-0.25, -0.2) is 4.79 Å². The van der Waals surface area contributed by atoms with Crippen molar-refractivity contribution in [2.24, 2.45) is 0 Å². The van der Waals surface area contributed by atoms with Gasteiger partial charge < -0.3 is 15.7 Å². The Morgan fingerprint density at radius 1 is 1.23 bits per heavy atom. The summed E-state index contributed by atoms with van der Waals surface area (Å²) in [7, 11) is 0. The minimum atomic E-state index is -0.449. The highest BCUT2D eigenvalue weighted by Gasteiger charge is 2.13. The van der Waals surface area contributed by atoms with Gasteiger partial charge in [-0.3, -0.25) is 4.68 Å². The number of rotatable bonds is 7. The van der Waals surface area contributed by atoms with Crippen molar-refractivity contribution in [3.63, 3.8) is 0 Å². The van der Waals surface area contributed by atoms with Crippen molar-refractivity contribution in [3.8, 4) is 0 Å². The number of amides is 2. The molecule has 0 bridgehead atoms. The first-order valence-electron chi connectivity index (χ1n) is 8.90. The van der Waals surface area contributed by atoms with Gasteiger partial charge in [-0.2, -0.15) is 5.10 Å². The molecule has 1 aromatic heterocycles. The minimum absolute atomic E-state index is 0.166. The molecular weight excluding hydrogens is 328 g/mol. The van der Waals surface area contributed by atoms with Crippen LogP contribution in [0.25, 0.3) is 10.9 Å². The lowest BCUT2D eigenvalue weighted by molar-refractivity contribution is 0.225. The van der Waals surface area contributed by atoms with Gasteiger partial charge in [0.2, 0.25) is 0 Å². The fourth-order valence-corrected chi connectivity index (χ4v) is 2.88. The number of nitrogens with zero attached hydrogens (tertiary/aromatic N) is 2. The van der Waals surface area contributed by atoms with Gasteiger partial charge in [-0.15, -0.1) is 0 Å². The quantitative estimate of drug-likeness (QED) is 0.607. The third-order valence-electron chi connectivity index (χ3n) is 4.32. The van der Waals surface area contributed by atoms with Crippen LogP contribution in [0.15, 0.2) is 54.7 Å². The van der Waals surface area contributed by atoms with Crippen LogP contribution in [0.2, 0.25) is 0 Å². The van der Waals surface area contributed by atoms with E-state index in [9.17, 15) is 9.90 Å². The molecule has 0 aliphatic heterocycles. The molecule has 3 N–H and O–H groups in total. The first-order valence-corrected chi connectivity index (χ1v) is 8.90. The largest absolute Gasteiger partial charge is 0.394 e. The number of carbonyl (C=O) groups is 1. The molecule has 0 saturated carbocycles. The molecule has 1 atom stereocenters. The Morgan fingerprint density at radius 3 is 2.77 bits per heavy atom. The van der Waals surface area contributed by atoms with Gasteiger partial charge in [0.05, 0.1) is 24.4 Å². The first-order chi connectivity index (χ1) is 12.7. The van der Waals surface area contributed by atoms with E-state index in [0.717, 1.165) is 35.9 Å². The summed E-state index contributed by atoms with van der Waals surface area (Å²) in [6.07, 6.45) is 4.00. The number of urea groups is 1. The molecule has 0 aliphatic rings. The highest BCUT2D eigenvalue weighted by atomic mass is 16.3. The van der Waals surface area contributed by atoms with Crippen molar-refractivity contribution in [3.05, 3.63) is 60.3 Å². The number of nitrogens with one attached hydrogen (secondary N) is 2. The van der Waals surface area contributed by atoms with Crippen LogP contribution in [0.1, 0.15) is 31.4 Å². The molecule has 1 unspecified atom stereocenters. The Bertz CT molecular complexity index is 861. The molecule has 0 spiro atoms. The zero-order chi connectivity index (χ0) is 18.4. The Balaban J connectivity index is 1.70. The number of aliphatic hydroxyl groups excluding tert-OH is 1. The lowest BCUT2D eigenvalue weighted by Crippen LogP contribution is -2.34. The zero-order valence-electron chi connectivity index (χ0n) is 14.9. The summed E-state index contributed by atoms with van der Waals surface area (Å²) in [4.78, 5) is 12.3. The number of unbranched alkanes of at least 4 members (excludes halogenated alkanes) is 1. The van der Waals surface area contributed by atoms with E-state index >= 15 is 0 Å². The number of benzene rings is 2. The van der Waals surface area contributed by atoms with Crippen LogP contribution >= 0.6 is 0 Å². The van der Waals surface area contributed by atoms with Gasteiger partial charge in [0.25, 0.3) is 0 Å². The minimum Gasteiger partial charge on any atom is -0.394 e. The number of aliphatic hydroxyl groups is 1. The van der Waals surface area contributed by atoms with Crippen LogP contribution in [-0.4, -0.2) is 27.5 Å². The number of aryl methyl sites for hydroxylation is 1. The highest BCUT2D eigenvalue weighted by molar-refractivity contribution is 5.92. The van der Waals surface area contributed by atoms with E-state index in [1.807, 2.05) is 59.4 Å². The van der Waals surface area contributed by atoms with Gasteiger partial charge in [0.1, 0.15) is 0 Å². The van der Waals surface area contributed by atoms with Crippen LogP contribution in [0.3, 0.4) is 0 Å². The lowest BCUT2D eigenvalue weighted by Gasteiger charge is -2.17. The monoisotopic (exact) mass is 352 g/mol. The number of hydrogen-bond acceptors (Lipinski definition) is 3. The average Bonchev–Trinajstić information content (AvgIpc) is 3.07. The molecule has 2 aromatic carbocycles. The fourth-order valence-electron chi connectivity index (χ4n) is 2.88. The molecule has 136 valence electrons. The van der Waals surface area contributed by atoms with E-state index in [1.165, 1.54) is 0 Å². The molecule has 3 aromatic rings. The summed E-state index contributed by atoms with van der Waals surface area (Å²) in [6, 6.07) is 14.3. The number of anilines is 1. The topological polar surface area (TPSA) is 79.2 Å². The van der Waals surface area contributed by atoms with E-state index in [-0.39, 0.29) is 12.6 Å². The Kier molecular flexibility index (Phi) is 5.86. The molecule has 6 heteroatoms. The van der Waals surface area contributed by atoms with E-state index in [1.54, 1.807) is 0 Å². The molecule has 0 fully saturated rings. The van der Waals surface area contributed by atoms with Gasteiger partial charge >= 0.3 is 6.03 Å². The number of fused-ring (bicyclic) bond motifs is 1. The molecule has 6 nitrogen and oxygen atoms in total. The smallest absolute Gasteiger partial charge is 0.319 e. The van der Waals surface area contributed by atoms with Gasteiger partial charge in [-0.1, -0.05) is 43.7 Å². The van der Waals surface area contributed by atoms with Crippen LogP contribution < -0.4 is 10.6 Å². The summed E-state index contributed by atoms with van der Waals surface area (Å²) < 4.78 is 1.96. The second kappa shape index (κ2) is 8.49. The summed E-state index contributed by atoms with van der Waals surface area (Å²) in [5.74, 6) is 0. The van der Waals surface area contributed by atoms with Crippen LogP contribution in [0.5, 0.6) is 0 Å². The molecule has 2 amide bonds. The molecule has 0 saturated heterocycles. The summed E-state index contributed by atoms with van der Waals surface area (Å²) in [5, 5.41) is 20.7. The van der Waals surface area contributed by atoms with Crippen molar-refractivity contribution in [2.75, 3.05) is 11.9 Å². The van der Waals surface area contributed by atoms with Crippen LogP contribution in [0.4, 0.5) is 10.5 Å². The van der Waals surface area contributed by atoms with Gasteiger partial charge in [0.15, 0.2) is 0 Å². The van der Waals surface area contributed by atoms with Crippen LogP contribution in [0, 0.1) is 0 Å². The third-order valence-corrected chi connectivity index (χ3v) is 4.32. The van der Waals surface area contributed by atoms with E-state index in [0.29, 0.717) is 5.69 Å². The van der Waals surface area contributed by atoms with Crippen molar-refractivity contribution < 1.29 is 9.90 Å². The zero-order valence-corrected chi connectivity index (χ0v) is 14.9. The van der Waals surface area contributed by atoms with E-state index in [2.05, 4.69) is 22.7 Å². The van der Waals surface area contributed by atoms with Crippen molar-refractivity contribution in [1.82, 2.24) is 15.1 Å². The second-order valence-electron chi connectivity index (χ2n) is 6.24. The molecular formula is C20H24N4O2. The highest BCUT2D eigenvalue weighted by Crippen LogP contribution is 2.20. The number of hydrogen-bond donors (Lipinski definition) is 3. The van der Waals surface area contributed by atoms with Crippen molar-refractivity contribution >= 4 is 22.6 Å². The standard InChI is InChI=1S/C20H24N4O2/c1-2-3-11-24-19-12-17(10-9-16(19)13-21-24)22-20(26)23-18(14-25)15-7-5-4-6-8-15/h4-10,12-13,18,25H,2-3,11,14H2,1H3,(H2,22,23,26). The Morgan fingerprint density at radius 2 is 2.04 bits per heavy atom. The molecule has 0 radical (unpaired) electrons. The predicted octanol–water partition coefficient (Wildman–Crippen LogP) is 3.69. The maximum Gasteiger partial charge on any atom is 0.319 e. The van der Waals surface area contributed by atoms with Gasteiger partial charge in [-0.05, 0) is 30.2 Å². The second-order valence-corrected chi connectivity index (χ2v) is 6.24. The SMILES string of the molecule is CCCCn1ncc2ccc(NC(=O)NC(CO)c3ccccc3)cc21. The molecule has 26 heavy (non-hydrogen) atoms. The molecule has 1 heterocycles. The predicted molar refractivity (Wildman–Crippen MR) is 103 cm³/mol. The lowest BCUT2D eigenvalue weighted by atomic mass is 10.1. The maximum atomic E-state index is 12.3. The number of aromatic nitrogens is 2. The van der Waals surface area contributed by atoms with Crippen molar-refractivity contribution in [1.29, 1.82) is 0 Å². The average molecular weight is 352 g/mol. The van der Waals surface area contributed by atoms with Gasteiger partial charge in [0, 0.05) is 17.6 Å². The molecule has 0 aliphatic carbocycles. The summed E-state index contributed by atoms with van der Waals surface area (Å²) in [5.41, 5.74) is 2.55. The van der Waals surface area contributed by atoms with E-state index < -0.39 is 6.04 Å². The Labute approximate surface area is 152 Å². The summed E-state index contributed by atoms with van der Waals surface area (Å²) >= 11 is 0.